The van der Waals surface area contributed by atoms with Crippen LogP contribution in [0.15, 0.2) is 35.3 Å². The average Bonchev–Trinajstić information content (AvgIpc) is 3.27. The molecule has 2 aromatic heterocycles. The van der Waals surface area contributed by atoms with Crippen molar-refractivity contribution >= 4 is 11.8 Å². The SMILES string of the molecule is CCOCC(=O)N1Cc2cncn2[C@@H](C(=O)NCc2ccco2)C1. The first-order chi connectivity index (χ1) is 11.7. The zero-order chi connectivity index (χ0) is 16.9. The first-order valence-corrected chi connectivity index (χ1v) is 7.85. The molecule has 0 spiro atoms. The Morgan fingerprint density at radius 1 is 1.50 bits per heavy atom. The minimum atomic E-state index is -0.517. The van der Waals surface area contributed by atoms with Crippen LogP contribution in [0.5, 0.6) is 0 Å². The Bertz CT molecular complexity index is 695. The number of aromatic nitrogens is 2. The second kappa shape index (κ2) is 7.31. The van der Waals surface area contributed by atoms with Gasteiger partial charge < -0.3 is 23.9 Å². The molecule has 2 amide bonds. The molecule has 0 fully saturated rings. The van der Waals surface area contributed by atoms with E-state index in [2.05, 4.69) is 10.3 Å². The average molecular weight is 332 g/mol. The number of hydrogen-bond donors (Lipinski definition) is 1. The lowest BCUT2D eigenvalue weighted by molar-refractivity contribution is -0.139. The maximum atomic E-state index is 12.6. The number of amides is 2. The number of ether oxygens (including phenoxy) is 1. The number of hydrogen-bond acceptors (Lipinski definition) is 5. The largest absolute Gasteiger partial charge is 0.467 e. The van der Waals surface area contributed by atoms with E-state index in [1.807, 2.05) is 11.5 Å². The van der Waals surface area contributed by atoms with Crippen molar-refractivity contribution in [1.29, 1.82) is 0 Å². The molecule has 8 heteroatoms. The highest BCUT2D eigenvalue weighted by Crippen LogP contribution is 2.21. The van der Waals surface area contributed by atoms with Gasteiger partial charge in [-0.25, -0.2) is 4.98 Å². The van der Waals surface area contributed by atoms with Gasteiger partial charge >= 0.3 is 0 Å². The summed E-state index contributed by atoms with van der Waals surface area (Å²) in [5.74, 6) is 0.363. The molecule has 0 aliphatic carbocycles. The van der Waals surface area contributed by atoms with Crippen molar-refractivity contribution in [1.82, 2.24) is 19.8 Å². The second-order valence-corrected chi connectivity index (χ2v) is 5.52. The van der Waals surface area contributed by atoms with Crippen LogP contribution in [0, 0.1) is 0 Å². The molecule has 0 unspecified atom stereocenters. The Balaban J connectivity index is 1.69. The fraction of sp³-hybridized carbons (Fsp3) is 0.438. The summed E-state index contributed by atoms with van der Waals surface area (Å²) < 4.78 is 12.2. The van der Waals surface area contributed by atoms with Crippen LogP contribution in [0.4, 0.5) is 0 Å². The van der Waals surface area contributed by atoms with Gasteiger partial charge in [0.1, 0.15) is 18.4 Å². The summed E-state index contributed by atoms with van der Waals surface area (Å²) in [4.78, 5) is 30.5. The van der Waals surface area contributed by atoms with Crippen LogP contribution >= 0.6 is 0 Å². The summed E-state index contributed by atoms with van der Waals surface area (Å²) in [5.41, 5.74) is 0.823. The molecule has 1 aliphatic heterocycles. The molecule has 3 rings (SSSR count). The number of nitrogens with one attached hydrogen (secondary N) is 1. The molecule has 0 bridgehead atoms. The molecule has 3 heterocycles. The highest BCUT2D eigenvalue weighted by Gasteiger charge is 2.32. The van der Waals surface area contributed by atoms with Crippen molar-refractivity contribution < 1.29 is 18.7 Å². The van der Waals surface area contributed by atoms with Gasteiger partial charge in [-0.1, -0.05) is 0 Å². The molecule has 128 valence electrons. The van der Waals surface area contributed by atoms with Crippen LogP contribution in [0.2, 0.25) is 0 Å². The topological polar surface area (TPSA) is 89.6 Å². The van der Waals surface area contributed by atoms with Gasteiger partial charge in [0.25, 0.3) is 0 Å². The number of nitrogens with zero attached hydrogens (tertiary/aromatic N) is 3. The molecule has 0 saturated heterocycles. The molecule has 0 saturated carbocycles. The maximum Gasteiger partial charge on any atom is 0.249 e. The van der Waals surface area contributed by atoms with Gasteiger partial charge in [-0.15, -0.1) is 0 Å². The summed E-state index contributed by atoms with van der Waals surface area (Å²) in [6.45, 7) is 3.35. The Morgan fingerprint density at radius 2 is 2.38 bits per heavy atom. The number of furan rings is 1. The van der Waals surface area contributed by atoms with E-state index in [0.29, 0.717) is 32.0 Å². The van der Waals surface area contributed by atoms with Crippen LogP contribution in [0.3, 0.4) is 0 Å². The molecule has 1 atom stereocenters. The first kappa shape index (κ1) is 16.3. The van der Waals surface area contributed by atoms with E-state index in [1.54, 1.807) is 35.8 Å². The fourth-order valence-corrected chi connectivity index (χ4v) is 2.68. The molecule has 1 aliphatic rings. The molecule has 8 nitrogen and oxygen atoms in total. The quantitative estimate of drug-likeness (QED) is 0.841. The predicted molar refractivity (Wildman–Crippen MR) is 83.7 cm³/mol. The smallest absolute Gasteiger partial charge is 0.249 e. The third-order valence-corrected chi connectivity index (χ3v) is 3.93. The van der Waals surface area contributed by atoms with Gasteiger partial charge in [0, 0.05) is 12.8 Å². The Morgan fingerprint density at radius 3 is 3.12 bits per heavy atom. The number of carbonyl (C=O) groups is 2. The van der Waals surface area contributed by atoms with Gasteiger partial charge in [0.05, 0.1) is 37.9 Å². The first-order valence-electron chi connectivity index (χ1n) is 7.85. The summed E-state index contributed by atoms with van der Waals surface area (Å²) >= 11 is 0. The monoisotopic (exact) mass is 332 g/mol. The van der Waals surface area contributed by atoms with E-state index in [1.165, 1.54) is 0 Å². The second-order valence-electron chi connectivity index (χ2n) is 5.52. The standard InChI is InChI=1S/C16H20N4O4/c1-2-23-10-15(21)19-8-12-6-17-11-20(12)14(9-19)16(22)18-7-13-4-3-5-24-13/h3-6,11,14H,2,7-10H2,1H3,(H,18,22)/t14-/m1/s1. The van der Waals surface area contributed by atoms with Crippen LogP contribution < -0.4 is 5.32 Å². The van der Waals surface area contributed by atoms with E-state index in [4.69, 9.17) is 9.15 Å². The van der Waals surface area contributed by atoms with Gasteiger partial charge in [0.15, 0.2) is 0 Å². The van der Waals surface area contributed by atoms with Gasteiger partial charge in [0.2, 0.25) is 11.8 Å². The highest BCUT2D eigenvalue weighted by molar-refractivity contribution is 5.83. The molecule has 24 heavy (non-hydrogen) atoms. The lowest BCUT2D eigenvalue weighted by atomic mass is 10.1. The van der Waals surface area contributed by atoms with E-state index in [0.717, 1.165) is 5.69 Å². The van der Waals surface area contributed by atoms with Crippen LogP contribution in [-0.2, 0) is 27.4 Å². The third-order valence-electron chi connectivity index (χ3n) is 3.93. The maximum absolute atomic E-state index is 12.6. The zero-order valence-corrected chi connectivity index (χ0v) is 13.5. The van der Waals surface area contributed by atoms with Crippen LogP contribution in [0.25, 0.3) is 0 Å². The Labute approximate surface area is 139 Å². The predicted octanol–water partition coefficient (Wildman–Crippen LogP) is 0.712. The number of imidazole rings is 1. The van der Waals surface area contributed by atoms with Crippen molar-refractivity contribution in [3.63, 3.8) is 0 Å². The summed E-state index contributed by atoms with van der Waals surface area (Å²) in [6.07, 6.45) is 4.86. The Kier molecular flexibility index (Phi) is 4.95. The number of rotatable bonds is 6. The minimum absolute atomic E-state index is 0.0192. The fourth-order valence-electron chi connectivity index (χ4n) is 2.68. The normalized spacial score (nSPS) is 16.7. The van der Waals surface area contributed by atoms with Crippen molar-refractivity contribution in [2.45, 2.75) is 26.1 Å². The summed E-state index contributed by atoms with van der Waals surface area (Å²) in [7, 11) is 0. The highest BCUT2D eigenvalue weighted by atomic mass is 16.5. The summed E-state index contributed by atoms with van der Waals surface area (Å²) in [5, 5.41) is 2.84. The van der Waals surface area contributed by atoms with E-state index in [9.17, 15) is 9.59 Å². The van der Waals surface area contributed by atoms with Crippen LogP contribution in [-0.4, -0.2) is 46.0 Å². The molecule has 1 N–H and O–H groups in total. The number of carbonyl (C=O) groups excluding carboxylic acids is 2. The molecule has 0 radical (unpaired) electrons. The van der Waals surface area contributed by atoms with Crippen molar-refractivity contribution in [3.8, 4) is 0 Å². The van der Waals surface area contributed by atoms with E-state index < -0.39 is 6.04 Å². The lowest BCUT2D eigenvalue weighted by Crippen LogP contribution is -2.47. The van der Waals surface area contributed by atoms with Crippen LogP contribution in [0.1, 0.15) is 24.4 Å². The molecule has 2 aromatic rings. The van der Waals surface area contributed by atoms with Crippen molar-refractivity contribution in [2.24, 2.45) is 0 Å². The summed E-state index contributed by atoms with van der Waals surface area (Å²) in [6, 6.07) is 3.04. The van der Waals surface area contributed by atoms with Crippen molar-refractivity contribution in [2.75, 3.05) is 19.8 Å². The van der Waals surface area contributed by atoms with Gasteiger partial charge in [-0.2, -0.15) is 0 Å². The lowest BCUT2D eigenvalue weighted by Gasteiger charge is -2.33. The van der Waals surface area contributed by atoms with E-state index in [-0.39, 0.29) is 18.4 Å². The Hall–Kier alpha value is -2.61. The zero-order valence-electron chi connectivity index (χ0n) is 13.5. The van der Waals surface area contributed by atoms with Crippen molar-refractivity contribution in [3.05, 3.63) is 42.4 Å². The van der Waals surface area contributed by atoms with Gasteiger partial charge in [-0.3, -0.25) is 9.59 Å². The van der Waals surface area contributed by atoms with Gasteiger partial charge in [-0.05, 0) is 19.1 Å². The molecular weight excluding hydrogens is 312 g/mol. The van der Waals surface area contributed by atoms with E-state index >= 15 is 0 Å². The number of fused-ring (bicyclic) bond motifs is 1. The minimum Gasteiger partial charge on any atom is -0.467 e. The third kappa shape index (κ3) is 3.48. The molecule has 0 aromatic carbocycles. The molecular formula is C16H20N4O4.